The average molecular weight is 284 g/mol. The normalized spacial score (nSPS) is 33.8. The van der Waals surface area contributed by atoms with Crippen LogP contribution in [0.1, 0.15) is 57.8 Å². The Balaban J connectivity index is 2.06. The maximum absolute atomic E-state index is 11.1. The van der Waals surface area contributed by atoms with Crippen LogP contribution in [0.4, 0.5) is 0 Å². The Morgan fingerprint density at radius 1 is 1.05 bits per heavy atom. The van der Waals surface area contributed by atoms with Gasteiger partial charge in [-0.15, -0.1) is 0 Å². The van der Waals surface area contributed by atoms with Gasteiger partial charge in [-0.05, 0) is 42.9 Å². The average Bonchev–Trinajstić information content (AvgIpc) is 2.49. The summed E-state index contributed by atoms with van der Waals surface area (Å²) in [5, 5.41) is 28.9. The number of hydrogen-bond donors (Lipinski definition) is 3. The highest BCUT2D eigenvalue weighted by Crippen LogP contribution is 2.49. The molecule has 0 radical (unpaired) electrons. The van der Waals surface area contributed by atoms with Crippen molar-refractivity contribution in [3.63, 3.8) is 0 Å². The minimum atomic E-state index is -0.713. The fourth-order valence-corrected chi connectivity index (χ4v) is 4.47. The number of carbonyl (C=O) groups is 1. The second kappa shape index (κ2) is 6.90. The first kappa shape index (κ1) is 15.8. The zero-order valence-electron chi connectivity index (χ0n) is 12.3. The molecule has 0 amide bonds. The summed E-state index contributed by atoms with van der Waals surface area (Å²) >= 11 is 0. The third-order valence-electron chi connectivity index (χ3n) is 5.85. The zero-order chi connectivity index (χ0) is 14.6. The molecule has 4 nitrogen and oxygen atoms in total. The molecular weight excluding hydrogens is 256 g/mol. The van der Waals surface area contributed by atoms with Crippen molar-refractivity contribution in [3.8, 4) is 0 Å². The molecule has 0 aliphatic heterocycles. The van der Waals surface area contributed by atoms with Gasteiger partial charge in [0.1, 0.15) is 0 Å². The minimum Gasteiger partial charge on any atom is -0.481 e. The van der Waals surface area contributed by atoms with E-state index in [0.717, 1.165) is 25.7 Å². The number of aliphatic hydroxyl groups is 2. The fourth-order valence-electron chi connectivity index (χ4n) is 4.47. The lowest BCUT2D eigenvalue weighted by Crippen LogP contribution is -2.44. The second-order valence-corrected chi connectivity index (χ2v) is 6.82. The van der Waals surface area contributed by atoms with E-state index in [0.29, 0.717) is 18.8 Å². The number of aliphatic carboxylic acids is 1. The lowest BCUT2D eigenvalue weighted by Gasteiger charge is -2.47. The zero-order valence-corrected chi connectivity index (χ0v) is 12.3. The van der Waals surface area contributed by atoms with E-state index in [1.54, 1.807) is 0 Å². The Kier molecular flexibility index (Phi) is 5.44. The first-order chi connectivity index (χ1) is 9.63. The van der Waals surface area contributed by atoms with Gasteiger partial charge in [0.25, 0.3) is 0 Å². The third kappa shape index (κ3) is 3.17. The molecule has 2 aliphatic rings. The van der Waals surface area contributed by atoms with Crippen LogP contribution >= 0.6 is 0 Å². The molecule has 2 rings (SSSR count). The van der Waals surface area contributed by atoms with Gasteiger partial charge in [-0.2, -0.15) is 0 Å². The number of hydrogen-bond acceptors (Lipinski definition) is 3. The first-order valence-corrected chi connectivity index (χ1v) is 8.07. The van der Waals surface area contributed by atoms with Crippen LogP contribution in [0.5, 0.6) is 0 Å². The van der Waals surface area contributed by atoms with E-state index in [9.17, 15) is 15.0 Å². The summed E-state index contributed by atoms with van der Waals surface area (Å²) in [4.78, 5) is 11.1. The summed E-state index contributed by atoms with van der Waals surface area (Å²) in [6, 6.07) is 0. The van der Waals surface area contributed by atoms with Crippen molar-refractivity contribution >= 4 is 5.97 Å². The maximum atomic E-state index is 11.1. The maximum Gasteiger partial charge on any atom is 0.306 e. The molecule has 2 saturated carbocycles. The Labute approximate surface area is 121 Å². The number of carboxylic acids is 1. The molecular formula is C16H28O4. The molecule has 0 aromatic carbocycles. The van der Waals surface area contributed by atoms with E-state index in [1.165, 1.54) is 19.3 Å². The number of aliphatic hydroxyl groups excluding tert-OH is 2. The van der Waals surface area contributed by atoms with Gasteiger partial charge in [-0.25, -0.2) is 0 Å². The predicted octanol–water partition coefficient (Wildman–Crippen LogP) is 2.43. The molecule has 1 atom stereocenters. The van der Waals surface area contributed by atoms with Gasteiger partial charge in [0.05, 0.1) is 5.92 Å². The minimum absolute atomic E-state index is 0.0844. The van der Waals surface area contributed by atoms with Gasteiger partial charge in [0, 0.05) is 13.2 Å². The molecule has 0 aromatic rings. The van der Waals surface area contributed by atoms with Crippen molar-refractivity contribution < 1.29 is 20.1 Å². The molecule has 3 N–H and O–H groups in total. The summed E-state index contributed by atoms with van der Waals surface area (Å²) < 4.78 is 0. The number of rotatable bonds is 5. The Bertz CT molecular complexity index is 314. The quantitative estimate of drug-likeness (QED) is 0.724. The van der Waals surface area contributed by atoms with Gasteiger partial charge in [-0.1, -0.05) is 32.1 Å². The van der Waals surface area contributed by atoms with Crippen LogP contribution in [0.2, 0.25) is 0 Å². The molecule has 1 unspecified atom stereocenters. The molecule has 4 heteroatoms. The second-order valence-electron chi connectivity index (χ2n) is 6.82. The van der Waals surface area contributed by atoms with Gasteiger partial charge in [0.2, 0.25) is 0 Å². The molecule has 0 spiro atoms. The van der Waals surface area contributed by atoms with Crippen molar-refractivity contribution in [2.75, 3.05) is 13.2 Å². The topological polar surface area (TPSA) is 77.8 Å². The highest BCUT2D eigenvalue weighted by Gasteiger charge is 2.45. The highest BCUT2D eigenvalue weighted by molar-refractivity contribution is 5.70. The van der Waals surface area contributed by atoms with Crippen LogP contribution in [0.15, 0.2) is 0 Å². The Hall–Kier alpha value is -0.610. The molecule has 0 aromatic heterocycles. The van der Waals surface area contributed by atoms with Gasteiger partial charge in [0.15, 0.2) is 0 Å². The van der Waals surface area contributed by atoms with E-state index in [4.69, 9.17) is 5.11 Å². The molecule has 0 saturated heterocycles. The molecule has 20 heavy (non-hydrogen) atoms. The van der Waals surface area contributed by atoms with Crippen LogP contribution in [0, 0.1) is 23.2 Å². The van der Waals surface area contributed by atoms with Crippen molar-refractivity contribution in [1.29, 1.82) is 0 Å². The van der Waals surface area contributed by atoms with E-state index < -0.39 is 5.97 Å². The van der Waals surface area contributed by atoms with Crippen LogP contribution < -0.4 is 0 Å². The van der Waals surface area contributed by atoms with Crippen molar-refractivity contribution in [1.82, 2.24) is 0 Å². The van der Waals surface area contributed by atoms with E-state index in [2.05, 4.69) is 0 Å². The smallest absolute Gasteiger partial charge is 0.306 e. The van der Waals surface area contributed by atoms with Crippen molar-refractivity contribution in [2.24, 2.45) is 23.2 Å². The fraction of sp³-hybridized carbons (Fsp3) is 0.938. The lowest BCUT2D eigenvalue weighted by molar-refractivity contribution is -0.145. The number of carboxylic acid groups (broad SMARTS) is 1. The Morgan fingerprint density at radius 2 is 1.65 bits per heavy atom. The predicted molar refractivity (Wildman–Crippen MR) is 76.3 cm³/mol. The summed E-state index contributed by atoms with van der Waals surface area (Å²) in [6.07, 6.45) is 8.77. The molecule has 0 bridgehead atoms. The van der Waals surface area contributed by atoms with Crippen LogP contribution in [-0.2, 0) is 4.79 Å². The van der Waals surface area contributed by atoms with E-state index in [-0.39, 0.29) is 30.5 Å². The van der Waals surface area contributed by atoms with Gasteiger partial charge >= 0.3 is 5.97 Å². The first-order valence-electron chi connectivity index (χ1n) is 8.07. The molecule has 0 heterocycles. The summed E-state index contributed by atoms with van der Waals surface area (Å²) in [5.74, 6) is -0.333. The van der Waals surface area contributed by atoms with Crippen molar-refractivity contribution in [3.05, 3.63) is 0 Å². The Morgan fingerprint density at radius 3 is 2.10 bits per heavy atom. The standard InChI is InChI=1S/C16H28O4/c17-10-14(12-4-2-1-3-5-12)16(11-18)8-6-13(7-9-16)15(19)20/h12-14,17-18H,1-11H2,(H,19,20). The van der Waals surface area contributed by atoms with E-state index >= 15 is 0 Å². The van der Waals surface area contributed by atoms with Crippen LogP contribution in [0.25, 0.3) is 0 Å². The molecule has 2 aliphatic carbocycles. The van der Waals surface area contributed by atoms with Crippen LogP contribution in [-0.4, -0.2) is 34.5 Å². The van der Waals surface area contributed by atoms with Crippen molar-refractivity contribution in [2.45, 2.75) is 57.8 Å². The summed E-state index contributed by atoms with van der Waals surface area (Å²) in [6.45, 7) is 0.212. The molecule has 2 fully saturated rings. The molecule has 116 valence electrons. The SMILES string of the molecule is O=C(O)C1CCC(CO)(C(CO)C2CCCCC2)CC1. The van der Waals surface area contributed by atoms with E-state index in [1.807, 2.05) is 0 Å². The highest BCUT2D eigenvalue weighted by atomic mass is 16.4. The largest absolute Gasteiger partial charge is 0.481 e. The summed E-state index contributed by atoms with van der Waals surface area (Å²) in [5.41, 5.74) is -0.247. The van der Waals surface area contributed by atoms with Gasteiger partial charge in [-0.3, -0.25) is 4.79 Å². The van der Waals surface area contributed by atoms with Gasteiger partial charge < -0.3 is 15.3 Å². The van der Waals surface area contributed by atoms with Crippen LogP contribution in [0.3, 0.4) is 0 Å². The third-order valence-corrected chi connectivity index (χ3v) is 5.85. The summed E-state index contributed by atoms with van der Waals surface area (Å²) in [7, 11) is 0. The lowest BCUT2D eigenvalue weighted by atomic mass is 9.59. The monoisotopic (exact) mass is 284 g/mol.